The summed E-state index contributed by atoms with van der Waals surface area (Å²) in [5.74, 6) is 0.282. The van der Waals surface area contributed by atoms with Gasteiger partial charge in [-0.1, -0.05) is 19.1 Å². The molecule has 1 atom stereocenters. The molecule has 130 valence electrons. The Morgan fingerprint density at radius 2 is 2.16 bits per heavy atom. The molecule has 0 saturated heterocycles. The van der Waals surface area contributed by atoms with Crippen molar-refractivity contribution in [1.82, 2.24) is 29.9 Å². The van der Waals surface area contributed by atoms with Crippen LogP contribution in [-0.4, -0.2) is 37.1 Å². The maximum Gasteiger partial charge on any atom is 0.319 e. The number of nitrogens with one attached hydrogen (secondary N) is 2. The van der Waals surface area contributed by atoms with Crippen molar-refractivity contribution >= 4 is 11.7 Å². The maximum absolute atomic E-state index is 12.1. The first-order chi connectivity index (χ1) is 12.2. The van der Waals surface area contributed by atoms with Gasteiger partial charge in [-0.2, -0.15) is 10.2 Å². The molecular formula is C17H21N7O. The third-order valence-corrected chi connectivity index (χ3v) is 3.67. The molecule has 0 aliphatic rings. The molecule has 25 heavy (non-hydrogen) atoms. The zero-order valence-corrected chi connectivity index (χ0v) is 14.0. The molecule has 0 spiro atoms. The van der Waals surface area contributed by atoms with E-state index in [4.69, 9.17) is 0 Å². The fourth-order valence-electron chi connectivity index (χ4n) is 2.48. The normalized spacial score (nSPS) is 11.9. The van der Waals surface area contributed by atoms with E-state index in [9.17, 15) is 4.79 Å². The zero-order valence-electron chi connectivity index (χ0n) is 14.0. The van der Waals surface area contributed by atoms with E-state index in [1.807, 2.05) is 41.2 Å². The predicted molar refractivity (Wildman–Crippen MR) is 94.0 cm³/mol. The van der Waals surface area contributed by atoms with Gasteiger partial charge in [0.1, 0.15) is 12.7 Å². The van der Waals surface area contributed by atoms with Crippen LogP contribution in [0.1, 0.15) is 12.5 Å². The average Bonchev–Trinajstić information content (AvgIpc) is 3.27. The second-order valence-electron chi connectivity index (χ2n) is 5.96. The van der Waals surface area contributed by atoms with E-state index in [2.05, 4.69) is 32.7 Å². The van der Waals surface area contributed by atoms with E-state index in [-0.39, 0.29) is 11.9 Å². The summed E-state index contributed by atoms with van der Waals surface area (Å²) < 4.78 is 3.59. The molecule has 8 nitrogen and oxygen atoms in total. The molecule has 0 radical (unpaired) electrons. The van der Waals surface area contributed by atoms with Gasteiger partial charge < -0.3 is 10.6 Å². The van der Waals surface area contributed by atoms with E-state index < -0.39 is 0 Å². The van der Waals surface area contributed by atoms with E-state index in [0.717, 1.165) is 17.8 Å². The van der Waals surface area contributed by atoms with Crippen molar-refractivity contribution in [3.8, 4) is 0 Å². The summed E-state index contributed by atoms with van der Waals surface area (Å²) in [6.45, 7) is 4.02. The van der Waals surface area contributed by atoms with Gasteiger partial charge in [0.2, 0.25) is 0 Å². The molecule has 3 rings (SSSR count). The Labute approximate surface area is 145 Å². The third-order valence-electron chi connectivity index (χ3n) is 3.67. The minimum absolute atomic E-state index is 0.217. The number of nitrogens with zero attached hydrogens (tertiary/aromatic N) is 5. The molecule has 0 saturated carbocycles. The topological polar surface area (TPSA) is 89.7 Å². The number of urea groups is 1. The van der Waals surface area contributed by atoms with Crippen molar-refractivity contribution in [3.05, 3.63) is 60.9 Å². The molecule has 3 aromatic rings. The molecule has 0 aliphatic carbocycles. The van der Waals surface area contributed by atoms with Gasteiger partial charge >= 0.3 is 6.03 Å². The lowest BCUT2D eigenvalue weighted by Crippen LogP contribution is -2.33. The van der Waals surface area contributed by atoms with Crippen LogP contribution in [0.5, 0.6) is 0 Å². The Hall–Kier alpha value is -3.16. The molecule has 1 aromatic carbocycles. The Kier molecular flexibility index (Phi) is 5.40. The van der Waals surface area contributed by atoms with Crippen LogP contribution in [0.3, 0.4) is 0 Å². The molecule has 2 aromatic heterocycles. The largest absolute Gasteiger partial charge is 0.338 e. The first-order valence-corrected chi connectivity index (χ1v) is 8.12. The summed E-state index contributed by atoms with van der Waals surface area (Å²) in [4.78, 5) is 16.0. The summed E-state index contributed by atoms with van der Waals surface area (Å²) in [5, 5.41) is 14.0. The quantitative estimate of drug-likeness (QED) is 0.689. The third kappa shape index (κ3) is 5.17. The summed E-state index contributed by atoms with van der Waals surface area (Å²) in [6.07, 6.45) is 6.82. The number of aromatic nitrogens is 5. The molecule has 2 N–H and O–H groups in total. The lowest BCUT2D eigenvalue weighted by molar-refractivity contribution is 0.249. The maximum atomic E-state index is 12.1. The SMILES string of the molecule is CC(CNC(=O)Nc1cccc(Cn2cncn2)c1)Cn1cccn1. The Bertz CT molecular complexity index is 783. The van der Waals surface area contributed by atoms with Gasteiger partial charge in [-0.05, 0) is 29.7 Å². The lowest BCUT2D eigenvalue weighted by atomic mass is 10.2. The fourth-order valence-corrected chi connectivity index (χ4v) is 2.48. The number of carbonyl (C=O) groups is 1. The first kappa shape index (κ1) is 16.7. The Morgan fingerprint density at radius 1 is 1.24 bits per heavy atom. The highest BCUT2D eigenvalue weighted by Crippen LogP contribution is 2.11. The number of rotatable bonds is 7. The van der Waals surface area contributed by atoms with Gasteiger partial charge in [0.25, 0.3) is 0 Å². The lowest BCUT2D eigenvalue weighted by Gasteiger charge is -2.14. The van der Waals surface area contributed by atoms with Crippen molar-refractivity contribution in [2.24, 2.45) is 5.92 Å². The standard InChI is InChI=1S/C17H21N7O/c1-14(10-23-7-3-6-20-23)9-19-17(25)22-16-5-2-4-15(8-16)11-24-13-18-12-21-24/h2-8,12-14H,9-11H2,1H3,(H2,19,22,25). The van der Waals surface area contributed by atoms with Crippen LogP contribution in [0.4, 0.5) is 10.5 Å². The number of benzene rings is 1. The Balaban J connectivity index is 1.47. The van der Waals surface area contributed by atoms with E-state index in [1.54, 1.807) is 17.2 Å². The van der Waals surface area contributed by atoms with Crippen LogP contribution in [0.15, 0.2) is 55.4 Å². The molecule has 8 heteroatoms. The minimum Gasteiger partial charge on any atom is -0.338 e. The summed E-state index contributed by atoms with van der Waals surface area (Å²) in [5.41, 5.74) is 1.78. The van der Waals surface area contributed by atoms with E-state index in [0.29, 0.717) is 13.1 Å². The highest BCUT2D eigenvalue weighted by Gasteiger charge is 2.07. The second kappa shape index (κ2) is 8.09. The molecular weight excluding hydrogens is 318 g/mol. The Morgan fingerprint density at radius 3 is 2.92 bits per heavy atom. The molecule has 0 bridgehead atoms. The fraction of sp³-hybridized carbons (Fsp3) is 0.294. The zero-order chi connectivity index (χ0) is 17.5. The van der Waals surface area contributed by atoms with Crippen molar-refractivity contribution in [1.29, 1.82) is 0 Å². The smallest absolute Gasteiger partial charge is 0.319 e. The average molecular weight is 339 g/mol. The molecule has 2 heterocycles. The van der Waals surface area contributed by atoms with Gasteiger partial charge in [0.05, 0.1) is 6.54 Å². The highest BCUT2D eigenvalue weighted by molar-refractivity contribution is 5.89. The van der Waals surface area contributed by atoms with Crippen molar-refractivity contribution in [2.45, 2.75) is 20.0 Å². The number of hydrogen-bond acceptors (Lipinski definition) is 4. The molecule has 0 fully saturated rings. The van der Waals surface area contributed by atoms with Crippen molar-refractivity contribution in [3.63, 3.8) is 0 Å². The summed E-state index contributed by atoms with van der Waals surface area (Å²) in [7, 11) is 0. The summed E-state index contributed by atoms with van der Waals surface area (Å²) in [6, 6.07) is 9.34. The highest BCUT2D eigenvalue weighted by atomic mass is 16.2. The van der Waals surface area contributed by atoms with Crippen LogP contribution in [0, 0.1) is 5.92 Å². The molecule has 1 unspecified atom stereocenters. The molecule has 0 aliphatic heterocycles. The first-order valence-electron chi connectivity index (χ1n) is 8.12. The number of carbonyl (C=O) groups excluding carboxylic acids is 1. The minimum atomic E-state index is -0.217. The van der Waals surface area contributed by atoms with Gasteiger partial charge in [-0.25, -0.2) is 14.5 Å². The number of anilines is 1. The van der Waals surface area contributed by atoms with Crippen LogP contribution >= 0.6 is 0 Å². The summed E-state index contributed by atoms with van der Waals surface area (Å²) >= 11 is 0. The number of hydrogen-bond donors (Lipinski definition) is 2. The van der Waals surface area contributed by atoms with Gasteiger partial charge in [0.15, 0.2) is 0 Å². The van der Waals surface area contributed by atoms with E-state index in [1.165, 1.54) is 6.33 Å². The monoisotopic (exact) mass is 339 g/mol. The van der Waals surface area contributed by atoms with Gasteiger partial charge in [-0.3, -0.25) is 4.68 Å². The van der Waals surface area contributed by atoms with Gasteiger partial charge in [0, 0.05) is 31.2 Å². The van der Waals surface area contributed by atoms with Crippen LogP contribution in [0.2, 0.25) is 0 Å². The van der Waals surface area contributed by atoms with Gasteiger partial charge in [-0.15, -0.1) is 0 Å². The second-order valence-corrected chi connectivity index (χ2v) is 5.96. The number of amides is 2. The van der Waals surface area contributed by atoms with Crippen LogP contribution in [0.25, 0.3) is 0 Å². The van der Waals surface area contributed by atoms with E-state index >= 15 is 0 Å². The van der Waals surface area contributed by atoms with Crippen LogP contribution in [-0.2, 0) is 13.1 Å². The van der Waals surface area contributed by atoms with Crippen molar-refractivity contribution < 1.29 is 4.79 Å². The predicted octanol–water partition coefficient (Wildman–Crippen LogP) is 1.98. The van der Waals surface area contributed by atoms with Crippen molar-refractivity contribution in [2.75, 3.05) is 11.9 Å². The molecule has 2 amide bonds. The van der Waals surface area contributed by atoms with Crippen LogP contribution < -0.4 is 10.6 Å².